The number of benzene rings is 2. The molecule has 0 unspecified atom stereocenters. The van der Waals surface area contributed by atoms with Crippen molar-refractivity contribution in [3.05, 3.63) is 93.8 Å². The summed E-state index contributed by atoms with van der Waals surface area (Å²) in [6, 6.07) is 20.2. The molecule has 3 aromatic rings. The van der Waals surface area contributed by atoms with Gasteiger partial charge in [-0.2, -0.15) is 5.10 Å². The first-order chi connectivity index (χ1) is 14.5. The third-order valence-electron chi connectivity index (χ3n) is 4.15. The van der Waals surface area contributed by atoms with Gasteiger partial charge >= 0.3 is 0 Å². The topological polar surface area (TPSA) is 73.8 Å². The zero-order valence-electron chi connectivity index (χ0n) is 16.7. The second kappa shape index (κ2) is 10.2. The van der Waals surface area contributed by atoms with E-state index in [1.54, 1.807) is 36.6 Å². The number of hydrogen-bond donors (Lipinski definition) is 2. The maximum absolute atomic E-state index is 12.7. The zero-order valence-corrected chi connectivity index (χ0v) is 17.5. The normalized spacial score (nSPS) is 11.3. The van der Waals surface area contributed by atoms with E-state index < -0.39 is 5.91 Å². The summed E-state index contributed by atoms with van der Waals surface area (Å²) in [5.41, 5.74) is 4.85. The molecule has 0 atom stereocenters. The van der Waals surface area contributed by atoms with E-state index in [0.29, 0.717) is 5.56 Å². The Morgan fingerprint density at radius 1 is 0.967 bits per heavy atom. The maximum atomic E-state index is 12.7. The lowest BCUT2D eigenvalue weighted by Crippen LogP contribution is -2.32. The number of hydrazone groups is 1. The molecule has 0 aliphatic heterocycles. The standard InChI is InChI=1S/C23H22N4O2S/c1-27(2)19-12-10-17(11-13-19)15-21(25-22(28)18-7-4-3-5-8-18)23(29)26-24-16-20-9-6-14-30-20/h3-16H,1-2H3,(H,25,28)(H,26,29)/b21-15+,24-16?. The fraction of sp³-hybridized carbons (Fsp3) is 0.0870. The maximum Gasteiger partial charge on any atom is 0.287 e. The Morgan fingerprint density at radius 3 is 2.33 bits per heavy atom. The third kappa shape index (κ3) is 5.89. The van der Waals surface area contributed by atoms with Crippen LogP contribution in [0.25, 0.3) is 6.08 Å². The van der Waals surface area contributed by atoms with Crippen LogP contribution in [0.1, 0.15) is 20.8 Å². The van der Waals surface area contributed by atoms with Crippen molar-refractivity contribution in [3.63, 3.8) is 0 Å². The Bertz CT molecular complexity index is 1040. The molecule has 6 nitrogen and oxygen atoms in total. The molecular formula is C23H22N4O2S. The highest BCUT2D eigenvalue weighted by molar-refractivity contribution is 7.11. The van der Waals surface area contributed by atoms with Crippen LogP contribution in [0.4, 0.5) is 5.69 Å². The molecule has 0 bridgehead atoms. The summed E-state index contributed by atoms with van der Waals surface area (Å²) in [4.78, 5) is 28.2. The number of nitrogens with one attached hydrogen (secondary N) is 2. The van der Waals surface area contributed by atoms with Crippen molar-refractivity contribution in [2.24, 2.45) is 5.10 Å². The molecule has 0 aliphatic carbocycles. The first-order valence-electron chi connectivity index (χ1n) is 9.25. The molecule has 0 saturated carbocycles. The lowest BCUT2D eigenvalue weighted by Gasteiger charge is -2.12. The average Bonchev–Trinajstić information content (AvgIpc) is 3.27. The Labute approximate surface area is 179 Å². The molecule has 0 fully saturated rings. The monoisotopic (exact) mass is 418 g/mol. The van der Waals surface area contributed by atoms with E-state index in [9.17, 15) is 9.59 Å². The summed E-state index contributed by atoms with van der Waals surface area (Å²) in [6.45, 7) is 0. The van der Waals surface area contributed by atoms with Gasteiger partial charge < -0.3 is 10.2 Å². The summed E-state index contributed by atoms with van der Waals surface area (Å²) in [7, 11) is 3.91. The highest BCUT2D eigenvalue weighted by Crippen LogP contribution is 2.14. The lowest BCUT2D eigenvalue weighted by atomic mass is 10.1. The van der Waals surface area contributed by atoms with Crippen LogP contribution in [0.2, 0.25) is 0 Å². The first-order valence-corrected chi connectivity index (χ1v) is 10.1. The molecule has 2 N–H and O–H groups in total. The van der Waals surface area contributed by atoms with Gasteiger partial charge in [0, 0.05) is 30.2 Å². The second-order valence-electron chi connectivity index (χ2n) is 6.58. The van der Waals surface area contributed by atoms with Gasteiger partial charge in [0.1, 0.15) is 5.70 Å². The smallest absolute Gasteiger partial charge is 0.287 e. The van der Waals surface area contributed by atoms with E-state index in [2.05, 4.69) is 15.8 Å². The zero-order chi connectivity index (χ0) is 21.3. The van der Waals surface area contributed by atoms with E-state index in [4.69, 9.17) is 0 Å². The lowest BCUT2D eigenvalue weighted by molar-refractivity contribution is -0.117. The first kappa shape index (κ1) is 21.0. The van der Waals surface area contributed by atoms with Crippen molar-refractivity contribution in [3.8, 4) is 0 Å². The van der Waals surface area contributed by atoms with Gasteiger partial charge in [0.25, 0.3) is 11.8 Å². The molecule has 0 spiro atoms. The number of hydrogen-bond acceptors (Lipinski definition) is 5. The summed E-state index contributed by atoms with van der Waals surface area (Å²) >= 11 is 1.51. The Kier molecular flexibility index (Phi) is 7.13. The number of amides is 2. The second-order valence-corrected chi connectivity index (χ2v) is 7.56. The molecule has 0 saturated heterocycles. The van der Waals surface area contributed by atoms with Crippen molar-refractivity contribution < 1.29 is 9.59 Å². The van der Waals surface area contributed by atoms with Crippen LogP contribution in [0.15, 0.2) is 82.9 Å². The number of carbonyl (C=O) groups is 2. The van der Waals surface area contributed by atoms with E-state index in [-0.39, 0.29) is 11.6 Å². The van der Waals surface area contributed by atoms with Gasteiger partial charge in [-0.15, -0.1) is 11.3 Å². The van der Waals surface area contributed by atoms with E-state index >= 15 is 0 Å². The van der Waals surface area contributed by atoms with Crippen LogP contribution in [-0.2, 0) is 4.79 Å². The fourth-order valence-corrected chi connectivity index (χ4v) is 3.14. The minimum atomic E-state index is -0.510. The highest BCUT2D eigenvalue weighted by atomic mass is 32.1. The van der Waals surface area contributed by atoms with Crippen LogP contribution < -0.4 is 15.6 Å². The number of thiophene rings is 1. The Hall–Kier alpha value is -3.71. The number of carbonyl (C=O) groups excluding carboxylic acids is 2. The molecule has 0 radical (unpaired) electrons. The Morgan fingerprint density at radius 2 is 1.70 bits per heavy atom. The molecular weight excluding hydrogens is 396 g/mol. The van der Waals surface area contributed by atoms with Gasteiger partial charge in [-0.05, 0) is 47.4 Å². The largest absolute Gasteiger partial charge is 0.378 e. The van der Waals surface area contributed by atoms with Crippen LogP contribution in [0, 0.1) is 0 Å². The molecule has 152 valence electrons. The molecule has 2 aromatic carbocycles. The van der Waals surface area contributed by atoms with Crippen LogP contribution in [0.5, 0.6) is 0 Å². The van der Waals surface area contributed by atoms with Gasteiger partial charge in [0.2, 0.25) is 0 Å². The van der Waals surface area contributed by atoms with Crippen molar-refractivity contribution >= 4 is 41.1 Å². The van der Waals surface area contributed by atoms with Crippen LogP contribution in [0.3, 0.4) is 0 Å². The average molecular weight is 419 g/mol. The summed E-state index contributed by atoms with van der Waals surface area (Å²) < 4.78 is 0. The van der Waals surface area contributed by atoms with E-state index in [1.807, 2.05) is 66.8 Å². The van der Waals surface area contributed by atoms with Crippen molar-refractivity contribution in [1.29, 1.82) is 0 Å². The predicted octanol–water partition coefficient (Wildman–Crippen LogP) is 3.74. The minimum absolute atomic E-state index is 0.102. The molecule has 1 heterocycles. The van der Waals surface area contributed by atoms with Gasteiger partial charge in [-0.3, -0.25) is 9.59 Å². The summed E-state index contributed by atoms with van der Waals surface area (Å²) in [5.74, 6) is -0.882. The predicted molar refractivity (Wildman–Crippen MR) is 123 cm³/mol. The molecule has 1 aromatic heterocycles. The number of rotatable bonds is 7. The molecule has 7 heteroatoms. The number of nitrogens with zero attached hydrogens (tertiary/aromatic N) is 2. The van der Waals surface area contributed by atoms with Crippen LogP contribution in [-0.4, -0.2) is 32.1 Å². The fourth-order valence-electron chi connectivity index (χ4n) is 2.56. The van der Waals surface area contributed by atoms with Gasteiger partial charge in [0.15, 0.2) is 0 Å². The highest BCUT2D eigenvalue weighted by Gasteiger charge is 2.14. The molecule has 3 rings (SSSR count). The molecule has 0 aliphatic rings. The quantitative estimate of drug-likeness (QED) is 0.349. The van der Waals surface area contributed by atoms with Gasteiger partial charge in [0.05, 0.1) is 6.21 Å². The van der Waals surface area contributed by atoms with E-state index in [1.165, 1.54) is 11.3 Å². The summed E-state index contributed by atoms with van der Waals surface area (Å²) in [6.07, 6.45) is 3.18. The third-order valence-corrected chi connectivity index (χ3v) is 4.96. The van der Waals surface area contributed by atoms with Crippen molar-refractivity contribution in [1.82, 2.24) is 10.7 Å². The van der Waals surface area contributed by atoms with E-state index in [0.717, 1.165) is 16.1 Å². The number of anilines is 1. The molecule has 2 amide bonds. The SMILES string of the molecule is CN(C)c1ccc(/C=C(/NC(=O)c2ccccc2)C(=O)NN=Cc2cccs2)cc1. The van der Waals surface area contributed by atoms with Crippen LogP contribution >= 0.6 is 11.3 Å². The molecule has 30 heavy (non-hydrogen) atoms. The van der Waals surface area contributed by atoms with Crippen molar-refractivity contribution in [2.45, 2.75) is 0 Å². The van der Waals surface area contributed by atoms with Gasteiger partial charge in [-0.25, -0.2) is 5.43 Å². The van der Waals surface area contributed by atoms with Crippen molar-refractivity contribution in [2.75, 3.05) is 19.0 Å². The summed E-state index contributed by atoms with van der Waals surface area (Å²) in [5, 5.41) is 8.59. The Balaban J connectivity index is 1.81. The minimum Gasteiger partial charge on any atom is -0.378 e. The van der Waals surface area contributed by atoms with Gasteiger partial charge in [-0.1, -0.05) is 36.4 Å².